The molecule has 3 nitrogen and oxygen atoms in total. The second-order valence-corrected chi connectivity index (χ2v) is 6.78. The quantitative estimate of drug-likeness (QED) is 0.830. The summed E-state index contributed by atoms with van der Waals surface area (Å²) in [5.41, 5.74) is 5.16. The van der Waals surface area contributed by atoms with E-state index in [2.05, 4.69) is 48.2 Å². The molecule has 0 N–H and O–H groups in total. The van der Waals surface area contributed by atoms with Gasteiger partial charge in [0.15, 0.2) is 0 Å². The molecule has 0 aliphatic carbocycles. The van der Waals surface area contributed by atoms with Gasteiger partial charge in [-0.25, -0.2) is 0 Å². The molecule has 2 aliphatic heterocycles. The number of rotatable bonds is 3. The molecule has 1 unspecified atom stereocenters. The van der Waals surface area contributed by atoms with Gasteiger partial charge in [-0.1, -0.05) is 18.2 Å². The minimum atomic E-state index is 0.0941. The molecule has 0 spiro atoms. The molecule has 24 heavy (non-hydrogen) atoms. The Labute approximate surface area is 143 Å². The zero-order valence-electron chi connectivity index (χ0n) is 14.5. The van der Waals surface area contributed by atoms with E-state index in [1.54, 1.807) is 14.2 Å². The molecule has 0 saturated carbocycles. The minimum absolute atomic E-state index is 0.0941. The molecular weight excluding hydrogens is 298 g/mol. The third-order valence-corrected chi connectivity index (χ3v) is 5.32. The van der Waals surface area contributed by atoms with E-state index in [-0.39, 0.29) is 5.54 Å². The molecule has 0 amide bonds. The summed E-state index contributed by atoms with van der Waals surface area (Å²) in [6, 6.07) is 14.8. The molecule has 3 heteroatoms. The van der Waals surface area contributed by atoms with E-state index in [4.69, 9.17) is 9.47 Å². The minimum Gasteiger partial charge on any atom is -0.497 e. The standard InChI is InChI=1S/C21H23NO2/c1-21-11-4-12-22(21)20-10-9-17(24-3)13-18(20)19(14-21)15-5-7-16(23-2)8-6-15/h5-10,13-14H,4,11-12H2,1-3H3. The van der Waals surface area contributed by atoms with Crippen LogP contribution in [0.3, 0.4) is 0 Å². The fourth-order valence-electron chi connectivity index (χ4n) is 4.02. The highest BCUT2D eigenvalue weighted by Gasteiger charge is 2.39. The van der Waals surface area contributed by atoms with E-state index >= 15 is 0 Å². The topological polar surface area (TPSA) is 21.7 Å². The van der Waals surface area contributed by atoms with Crippen LogP contribution < -0.4 is 14.4 Å². The monoisotopic (exact) mass is 321 g/mol. The van der Waals surface area contributed by atoms with E-state index in [1.165, 1.54) is 35.2 Å². The number of methoxy groups -OCH3 is 2. The van der Waals surface area contributed by atoms with Crippen LogP contribution in [0.2, 0.25) is 0 Å². The summed E-state index contributed by atoms with van der Waals surface area (Å²) in [6.07, 6.45) is 4.86. The average Bonchev–Trinajstić information content (AvgIpc) is 3.02. The number of benzene rings is 2. The number of hydrogen-bond acceptors (Lipinski definition) is 3. The largest absolute Gasteiger partial charge is 0.497 e. The summed E-state index contributed by atoms with van der Waals surface area (Å²) in [5, 5.41) is 0. The number of hydrogen-bond donors (Lipinski definition) is 0. The van der Waals surface area contributed by atoms with Gasteiger partial charge >= 0.3 is 0 Å². The molecule has 2 aromatic carbocycles. The van der Waals surface area contributed by atoms with Crippen LogP contribution in [0.4, 0.5) is 5.69 Å². The van der Waals surface area contributed by atoms with Crippen molar-refractivity contribution in [2.45, 2.75) is 25.3 Å². The molecule has 0 radical (unpaired) electrons. The Morgan fingerprint density at radius 3 is 2.38 bits per heavy atom. The molecule has 0 aromatic heterocycles. The second kappa shape index (κ2) is 5.59. The van der Waals surface area contributed by atoms with Crippen LogP contribution in [0, 0.1) is 0 Å². The van der Waals surface area contributed by atoms with Crippen molar-refractivity contribution in [3.8, 4) is 11.5 Å². The van der Waals surface area contributed by atoms with Gasteiger partial charge in [0, 0.05) is 17.8 Å². The van der Waals surface area contributed by atoms with Crippen molar-refractivity contribution in [2.75, 3.05) is 25.7 Å². The van der Waals surface area contributed by atoms with Crippen LogP contribution in [0.5, 0.6) is 11.5 Å². The first-order chi connectivity index (χ1) is 11.6. The van der Waals surface area contributed by atoms with Crippen molar-refractivity contribution in [1.29, 1.82) is 0 Å². The van der Waals surface area contributed by atoms with Crippen molar-refractivity contribution in [3.63, 3.8) is 0 Å². The predicted octanol–water partition coefficient (Wildman–Crippen LogP) is 4.51. The number of ether oxygens (including phenoxy) is 2. The molecule has 2 aliphatic rings. The van der Waals surface area contributed by atoms with Crippen LogP contribution in [0.15, 0.2) is 48.5 Å². The molecule has 2 aromatic rings. The summed E-state index contributed by atoms with van der Waals surface area (Å²) in [4.78, 5) is 2.54. The normalized spacial score (nSPS) is 21.8. The lowest BCUT2D eigenvalue weighted by Crippen LogP contribution is -2.42. The molecule has 4 rings (SSSR count). The maximum Gasteiger partial charge on any atom is 0.119 e. The third-order valence-electron chi connectivity index (χ3n) is 5.32. The maximum atomic E-state index is 5.47. The fraction of sp³-hybridized carbons (Fsp3) is 0.333. The van der Waals surface area contributed by atoms with Gasteiger partial charge in [-0.3, -0.25) is 0 Å². The first kappa shape index (κ1) is 15.1. The maximum absolute atomic E-state index is 5.47. The highest BCUT2D eigenvalue weighted by Crippen LogP contribution is 2.47. The lowest BCUT2D eigenvalue weighted by molar-refractivity contribution is 0.414. The van der Waals surface area contributed by atoms with Crippen LogP contribution in [-0.4, -0.2) is 26.3 Å². The molecule has 2 heterocycles. The Kier molecular flexibility index (Phi) is 3.52. The van der Waals surface area contributed by atoms with Crippen LogP contribution >= 0.6 is 0 Å². The van der Waals surface area contributed by atoms with Gasteiger partial charge in [0.1, 0.15) is 11.5 Å². The molecule has 1 saturated heterocycles. The fourth-order valence-corrected chi connectivity index (χ4v) is 4.02. The van der Waals surface area contributed by atoms with Crippen LogP contribution in [-0.2, 0) is 0 Å². The summed E-state index contributed by atoms with van der Waals surface area (Å²) in [6.45, 7) is 3.46. The number of anilines is 1. The highest BCUT2D eigenvalue weighted by atomic mass is 16.5. The lowest BCUT2D eigenvalue weighted by Gasteiger charge is -2.41. The Morgan fingerprint density at radius 2 is 1.67 bits per heavy atom. The van der Waals surface area contributed by atoms with Gasteiger partial charge in [0.25, 0.3) is 0 Å². The average molecular weight is 321 g/mol. The number of fused-ring (bicyclic) bond motifs is 3. The third kappa shape index (κ3) is 2.27. The smallest absolute Gasteiger partial charge is 0.119 e. The summed E-state index contributed by atoms with van der Waals surface area (Å²) >= 11 is 0. The Hall–Kier alpha value is -2.42. The molecule has 0 bridgehead atoms. The van der Waals surface area contributed by atoms with E-state index in [0.29, 0.717) is 0 Å². The molecule has 1 fully saturated rings. The lowest BCUT2D eigenvalue weighted by atomic mass is 9.84. The van der Waals surface area contributed by atoms with Crippen molar-refractivity contribution in [2.24, 2.45) is 0 Å². The van der Waals surface area contributed by atoms with Crippen LogP contribution in [0.1, 0.15) is 30.9 Å². The molecular formula is C21H23NO2. The summed E-state index contributed by atoms with van der Waals surface area (Å²) in [5.74, 6) is 1.78. The SMILES string of the molecule is COc1ccc(C2=CC3(C)CCCN3c3ccc(OC)cc32)cc1. The van der Waals surface area contributed by atoms with Crippen molar-refractivity contribution in [3.05, 3.63) is 59.7 Å². The highest BCUT2D eigenvalue weighted by molar-refractivity contribution is 5.91. The molecule has 1 atom stereocenters. The van der Waals surface area contributed by atoms with Gasteiger partial charge in [-0.2, -0.15) is 0 Å². The van der Waals surface area contributed by atoms with Crippen molar-refractivity contribution in [1.82, 2.24) is 0 Å². The van der Waals surface area contributed by atoms with E-state index in [9.17, 15) is 0 Å². The van der Waals surface area contributed by atoms with Crippen molar-refractivity contribution < 1.29 is 9.47 Å². The van der Waals surface area contributed by atoms with Gasteiger partial charge < -0.3 is 14.4 Å². The Balaban J connectivity index is 1.89. The van der Waals surface area contributed by atoms with Crippen molar-refractivity contribution >= 4 is 11.3 Å². The van der Waals surface area contributed by atoms with Gasteiger partial charge in [0.2, 0.25) is 0 Å². The predicted molar refractivity (Wildman–Crippen MR) is 98.1 cm³/mol. The summed E-state index contributed by atoms with van der Waals surface area (Å²) in [7, 11) is 3.42. The Morgan fingerprint density at radius 1 is 0.958 bits per heavy atom. The first-order valence-electron chi connectivity index (χ1n) is 8.48. The summed E-state index contributed by atoms with van der Waals surface area (Å²) < 4.78 is 10.8. The van der Waals surface area contributed by atoms with E-state index in [0.717, 1.165) is 18.0 Å². The second-order valence-electron chi connectivity index (χ2n) is 6.78. The zero-order chi connectivity index (χ0) is 16.7. The van der Waals surface area contributed by atoms with Gasteiger partial charge in [-0.15, -0.1) is 0 Å². The Bertz CT molecular complexity index is 794. The van der Waals surface area contributed by atoms with E-state index in [1.807, 2.05) is 12.1 Å². The van der Waals surface area contributed by atoms with E-state index < -0.39 is 0 Å². The first-order valence-corrected chi connectivity index (χ1v) is 8.48. The van der Waals surface area contributed by atoms with Crippen LogP contribution in [0.25, 0.3) is 5.57 Å². The van der Waals surface area contributed by atoms with Gasteiger partial charge in [0.05, 0.1) is 19.8 Å². The zero-order valence-corrected chi connectivity index (χ0v) is 14.5. The molecule has 124 valence electrons. The van der Waals surface area contributed by atoms with Gasteiger partial charge in [-0.05, 0) is 61.2 Å². The number of nitrogens with zero attached hydrogens (tertiary/aromatic N) is 1.